The van der Waals surface area contributed by atoms with Crippen molar-refractivity contribution in [1.29, 1.82) is 0 Å². The Bertz CT molecular complexity index is 97.4. The second kappa shape index (κ2) is 3.35. The van der Waals surface area contributed by atoms with Gasteiger partial charge in [-0.1, -0.05) is 13.3 Å². The number of hydroxylamine groups is 3. The molecule has 0 N–H and O–H groups in total. The molecule has 0 saturated carbocycles. The van der Waals surface area contributed by atoms with Gasteiger partial charge in [-0.15, -0.1) is 0 Å². The van der Waals surface area contributed by atoms with Gasteiger partial charge in [0.15, 0.2) is 0 Å². The zero-order chi connectivity index (χ0) is 7.45. The maximum Gasteiger partial charge on any atom is 0.0786 e. The van der Waals surface area contributed by atoms with E-state index in [0.717, 1.165) is 45.3 Å². The second-order valence-electron chi connectivity index (χ2n) is 3.29. The van der Waals surface area contributed by atoms with Crippen LogP contribution >= 0.6 is 0 Å². The summed E-state index contributed by atoms with van der Waals surface area (Å²) in [7, 11) is 0. The number of nitrogens with zero attached hydrogens (tertiary/aromatic N) is 1. The Balaban J connectivity index is 2.22. The van der Waals surface area contributed by atoms with Crippen molar-refractivity contribution in [3.63, 3.8) is 0 Å². The molecule has 0 aromatic heterocycles. The molecular weight excluding hydrogens is 126 g/mol. The van der Waals surface area contributed by atoms with Crippen molar-refractivity contribution in [3.8, 4) is 0 Å². The van der Waals surface area contributed by atoms with Gasteiger partial charge in [0.05, 0.1) is 19.6 Å². The standard InChI is InChI=1S/C8H17NO/c1-2-3-6-9(10)7-4-5-8-9/h2-8H2,1H3. The van der Waals surface area contributed by atoms with Gasteiger partial charge in [-0.2, -0.15) is 0 Å². The third-order valence-electron chi connectivity index (χ3n) is 2.30. The van der Waals surface area contributed by atoms with Gasteiger partial charge >= 0.3 is 0 Å². The molecule has 1 heterocycles. The Morgan fingerprint density at radius 2 is 1.90 bits per heavy atom. The summed E-state index contributed by atoms with van der Waals surface area (Å²) in [6, 6.07) is 0. The largest absolute Gasteiger partial charge is 0.633 e. The molecule has 0 amide bonds. The fraction of sp³-hybridized carbons (Fsp3) is 1.00. The van der Waals surface area contributed by atoms with Crippen LogP contribution in [-0.4, -0.2) is 24.3 Å². The van der Waals surface area contributed by atoms with E-state index in [1.165, 1.54) is 0 Å². The highest BCUT2D eigenvalue weighted by Crippen LogP contribution is 2.17. The summed E-state index contributed by atoms with van der Waals surface area (Å²) in [6.45, 7) is 4.75. The van der Waals surface area contributed by atoms with Crippen LogP contribution in [0.2, 0.25) is 0 Å². The third-order valence-corrected chi connectivity index (χ3v) is 2.30. The van der Waals surface area contributed by atoms with Gasteiger partial charge in [-0.3, -0.25) is 0 Å². The molecule has 1 saturated heterocycles. The zero-order valence-electron chi connectivity index (χ0n) is 6.81. The number of rotatable bonds is 3. The molecule has 60 valence electrons. The Hall–Kier alpha value is -0.0800. The minimum absolute atomic E-state index is 0.105. The third kappa shape index (κ3) is 1.96. The van der Waals surface area contributed by atoms with Crippen molar-refractivity contribution in [2.24, 2.45) is 0 Å². The fourth-order valence-electron chi connectivity index (χ4n) is 1.58. The first-order valence-electron chi connectivity index (χ1n) is 4.34. The molecule has 2 nitrogen and oxygen atoms in total. The highest BCUT2D eigenvalue weighted by molar-refractivity contribution is 4.54. The summed E-state index contributed by atoms with van der Waals surface area (Å²) in [5.41, 5.74) is 0. The number of hydrogen-bond donors (Lipinski definition) is 0. The maximum atomic E-state index is 11.6. The van der Waals surface area contributed by atoms with Crippen LogP contribution < -0.4 is 0 Å². The first kappa shape index (κ1) is 8.02. The van der Waals surface area contributed by atoms with E-state index in [1.54, 1.807) is 0 Å². The van der Waals surface area contributed by atoms with Crippen molar-refractivity contribution < 1.29 is 4.65 Å². The van der Waals surface area contributed by atoms with Crippen LogP contribution in [-0.2, 0) is 0 Å². The van der Waals surface area contributed by atoms with Gasteiger partial charge in [0, 0.05) is 12.8 Å². The van der Waals surface area contributed by atoms with Crippen LogP contribution in [0.1, 0.15) is 32.6 Å². The Kier molecular flexibility index (Phi) is 2.69. The average Bonchev–Trinajstić information content (AvgIpc) is 2.33. The first-order valence-corrected chi connectivity index (χ1v) is 4.34. The molecule has 1 rings (SSSR count). The lowest BCUT2D eigenvalue weighted by atomic mass is 10.3. The monoisotopic (exact) mass is 143 g/mol. The van der Waals surface area contributed by atoms with E-state index in [-0.39, 0.29) is 4.65 Å². The lowest BCUT2D eigenvalue weighted by Crippen LogP contribution is -2.39. The second-order valence-corrected chi connectivity index (χ2v) is 3.29. The minimum Gasteiger partial charge on any atom is -0.633 e. The summed E-state index contributed by atoms with van der Waals surface area (Å²) >= 11 is 0. The van der Waals surface area contributed by atoms with Crippen molar-refractivity contribution in [1.82, 2.24) is 0 Å². The van der Waals surface area contributed by atoms with Gasteiger partial charge in [0.25, 0.3) is 0 Å². The minimum atomic E-state index is 0.105. The lowest BCUT2D eigenvalue weighted by Gasteiger charge is -2.38. The number of hydrogen-bond acceptors (Lipinski definition) is 1. The number of unbranched alkanes of at least 4 members (excludes halogenated alkanes) is 1. The van der Waals surface area contributed by atoms with E-state index < -0.39 is 0 Å². The highest BCUT2D eigenvalue weighted by Gasteiger charge is 2.21. The lowest BCUT2D eigenvalue weighted by molar-refractivity contribution is -0.868. The van der Waals surface area contributed by atoms with E-state index >= 15 is 0 Å². The molecule has 1 aliphatic rings. The quantitative estimate of drug-likeness (QED) is 0.437. The average molecular weight is 143 g/mol. The first-order chi connectivity index (χ1) is 4.77. The summed E-state index contributed by atoms with van der Waals surface area (Å²) in [6.07, 6.45) is 4.55. The zero-order valence-corrected chi connectivity index (χ0v) is 6.81. The molecule has 0 bridgehead atoms. The highest BCUT2D eigenvalue weighted by atomic mass is 16.5. The van der Waals surface area contributed by atoms with E-state index in [4.69, 9.17) is 0 Å². The van der Waals surface area contributed by atoms with Gasteiger partial charge in [-0.05, 0) is 6.42 Å². The van der Waals surface area contributed by atoms with Crippen LogP contribution in [0.4, 0.5) is 0 Å². The molecule has 10 heavy (non-hydrogen) atoms. The van der Waals surface area contributed by atoms with Gasteiger partial charge < -0.3 is 9.85 Å². The van der Waals surface area contributed by atoms with Crippen LogP contribution in [0, 0.1) is 5.21 Å². The van der Waals surface area contributed by atoms with E-state index in [1.807, 2.05) is 0 Å². The Morgan fingerprint density at radius 3 is 2.40 bits per heavy atom. The van der Waals surface area contributed by atoms with Crippen molar-refractivity contribution >= 4 is 0 Å². The van der Waals surface area contributed by atoms with Gasteiger partial charge in [0.2, 0.25) is 0 Å². The van der Waals surface area contributed by atoms with E-state index in [2.05, 4.69) is 6.92 Å². The molecule has 1 aliphatic heterocycles. The predicted octanol–water partition coefficient (Wildman–Crippen LogP) is 1.89. The summed E-state index contributed by atoms with van der Waals surface area (Å²) in [5, 5.41) is 11.6. The van der Waals surface area contributed by atoms with Crippen molar-refractivity contribution in [3.05, 3.63) is 5.21 Å². The molecular formula is C8H17NO. The van der Waals surface area contributed by atoms with Gasteiger partial charge in [-0.25, -0.2) is 0 Å². The van der Waals surface area contributed by atoms with Crippen LogP contribution in [0.5, 0.6) is 0 Å². The van der Waals surface area contributed by atoms with Crippen LogP contribution in [0.15, 0.2) is 0 Å². The maximum absolute atomic E-state index is 11.6. The molecule has 0 radical (unpaired) electrons. The topological polar surface area (TPSA) is 23.1 Å². The smallest absolute Gasteiger partial charge is 0.0786 e. The summed E-state index contributed by atoms with van der Waals surface area (Å²) < 4.78 is 0.105. The molecule has 2 heteroatoms. The predicted molar refractivity (Wildman–Crippen MR) is 42.4 cm³/mol. The molecule has 0 aliphatic carbocycles. The number of quaternary nitrogens is 1. The molecule has 0 atom stereocenters. The van der Waals surface area contributed by atoms with Crippen LogP contribution in [0.3, 0.4) is 0 Å². The van der Waals surface area contributed by atoms with E-state index in [0.29, 0.717) is 0 Å². The summed E-state index contributed by atoms with van der Waals surface area (Å²) in [5.74, 6) is 0. The van der Waals surface area contributed by atoms with E-state index in [9.17, 15) is 5.21 Å². The molecule has 0 aromatic carbocycles. The summed E-state index contributed by atoms with van der Waals surface area (Å²) in [4.78, 5) is 0. The van der Waals surface area contributed by atoms with Crippen LogP contribution in [0.25, 0.3) is 0 Å². The number of likely N-dealkylation sites (tertiary alicyclic amines) is 1. The van der Waals surface area contributed by atoms with Crippen molar-refractivity contribution in [2.75, 3.05) is 19.6 Å². The Labute approximate surface area is 63.0 Å². The molecule has 0 aromatic rings. The normalized spacial score (nSPS) is 23.4. The molecule has 1 fully saturated rings. The molecule has 0 unspecified atom stereocenters. The fourth-order valence-corrected chi connectivity index (χ4v) is 1.58. The molecule has 0 spiro atoms. The SMILES string of the molecule is CCCC[N+]1([O-])CCCC1. The van der Waals surface area contributed by atoms with Crippen molar-refractivity contribution in [2.45, 2.75) is 32.6 Å². The Morgan fingerprint density at radius 1 is 1.30 bits per heavy atom. The van der Waals surface area contributed by atoms with Gasteiger partial charge in [0.1, 0.15) is 0 Å².